The zero-order valence-electron chi connectivity index (χ0n) is 12.3. The van der Waals surface area contributed by atoms with E-state index in [0.717, 1.165) is 5.56 Å². The van der Waals surface area contributed by atoms with Gasteiger partial charge in [0.2, 0.25) is 0 Å². The molecule has 0 aliphatic carbocycles. The van der Waals surface area contributed by atoms with E-state index < -0.39 is 6.10 Å². The van der Waals surface area contributed by atoms with Crippen molar-refractivity contribution in [3.8, 4) is 5.75 Å². The summed E-state index contributed by atoms with van der Waals surface area (Å²) in [6, 6.07) is 13.8. The second kappa shape index (κ2) is 7.82. The van der Waals surface area contributed by atoms with Gasteiger partial charge in [-0.25, -0.2) is 0 Å². The minimum Gasteiger partial charge on any atom is -0.491 e. The Balaban J connectivity index is 1.91. The summed E-state index contributed by atoms with van der Waals surface area (Å²) in [6.45, 7) is 2.58. The first kappa shape index (κ1) is 16.3. The highest BCUT2D eigenvalue weighted by atomic mass is 35.5. The van der Waals surface area contributed by atoms with Gasteiger partial charge in [0.05, 0.1) is 0 Å². The van der Waals surface area contributed by atoms with Crippen LogP contribution in [0.1, 0.15) is 28.9 Å². The van der Waals surface area contributed by atoms with Crippen molar-refractivity contribution in [3.63, 3.8) is 0 Å². The molecule has 0 aromatic heterocycles. The minimum atomic E-state index is -0.736. The van der Waals surface area contributed by atoms with Crippen LogP contribution in [0.15, 0.2) is 48.5 Å². The second-order valence-corrected chi connectivity index (χ2v) is 5.20. The normalized spacial score (nSPS) is 11.8. The van der Waals surface area contributed by atoms with E-state index >= 15 is 0 Å². The summed E-state index contributed by atoms with van der Waals surface area (Å²) in [5.41, 5.74) is 1.32. The van der Waals surface area contributed by atoms with Crippen molar-refractivity contribution in [3.05, 3.63) is 64.7 Å². The van der Waals surface area contributed by atoms with Crippen LogP contribution in [0.3, 0.4) is 0 Å². The Morgan fingerprint density at radius 2 is 1.82 bits per heavy atom. The van der Waals surface area contributed by atoms with Crippen molar-refractivity contribution in [2.75, 3.05) is 13.2 Å². The van der Waals surface area contributed by atoms with Crippen molar-refractivity contribution in [1.29, 1.82) is 0 Å². The van der Waals surface area contributed by atoms with Gasteiger partial charge in [-0.15, -0.1) is 0 Å². The van der Waals surface area contributed by atoms with Crippen LogP contribution in [-0.2, 0) is 0 Å². The quantitative estimate of drug-likeness (QED) is 0.859. The molecule has 1 unspecified atom stereocenters. The van der Waals surface area contributed by atoms with Crippen LogP contribution in [0.4, 0.5) is 0 Å². The number of carbonyl (C=O) groups is 1. The molecule has 0 heterocycles. The fraction of sp³-hybridized carbons (Fsp3) is 0.235. The van der Waals surface area contributed by atoms with Gasteiger partial charge in [0.15, 0.2) is 0 Å². The van der Waals surface area contributed by atoms with E-state index in [1.54, 1.807) is 48.5 Å². The first-order valence-corrected chi connectivity index (χ1v) is 7.42. The van der Waals surface area contributed by atoms with Crippen LogP contribution in [0, 0.1) is 0 Å². The molecule has 4 nitrogen and oxygen atoms in total. The van der Waals surface area contributed by atoms with Gasteiger partial charge in [-0.3, -0.25) is 4.79 Å². The molecule has 2 N–H and O–H groups in total. The fourth-order valence-electron chi connectivity index (χ4n) is 1.92. The summed E-state index contributed by atoms with van der Waals surface area (Å²) in [4.78, 5) is 11.6. The number of rotatable bonds is 6. The molecule has 0 bridgehead atoms. The van der Waals surface area contributed by atoms with Gasteiger partial charge in [-0.2, -0.15) is 0 Å². The summed E-state index contributed by atoms with van der Waals surface area (Å²) in [5.74, 6) is 0.483. The van der Waals surface area contributed by atoms with Gasteiger partial charge in [0.1, 0.15) is 18.5 Å². The average Bonchev–Trinajstić information content (AvgIpc) is 2.54. The van der Waals surface area contributed by atoms with E-state index in [9.17, 15) is 9.90 Å². The third-order valence-corrected chi connectivity index (χ3v) is 3.37. The number of amides is 1. The molecule has 22 heavy (non-hydrogen) atoms. The molecule has 0 saturated heterocycles. The molecule has 2 aromatic rings. The van der Waals surface area contributed by atoms with E-state index in [1.807, 2.05) is 6.92 Å². The number of hydrogen-bond donors (Lipinski definition) is 2. The molecule has 2 rings (SSSR count). The number of halogens is 1. The number of carbonyl (C=O) groups excluding carboxylic acids is 1. The summed E-state index contributed by atoms with van der Waals surface area (Å²) in [6.07, 6.45) is -0.736. The van der Waals surface area contributed by atoms with E-state index in [1.165, 1.54) is 0 Å². The monoisotopic (exact) mass is 319 g/mol. The van der Waals surface area contributed by atoms with Gasteiger partial charge in [0.25, 0.3) is 5.91 Å². The number of nitrogens with one attached hydrogen (secondary N) is 1. The number of aliphatic hydroxyl groups is 1. The first-order valence-electron chi connectivity index (χ1n) is 7.04. The van der Waals surface area contributed by atoms with Crippen LogP contribution in [0.2, 0.25) is 5.02 Å². The van der Waals surface area contributed by atoms with Crippen molar-refractivity contribution in [2.45, 2.75) is 13.0 Å². The van der Waals surface area contributed by atoms with Gasteiger partial charge >= 0.3 is 0 Å². The predicted octanol–water partition coefficient (Wildman–Crippen LogP) is 3.20. The lowest BCUT2D eigenvalue weighted by atomic mass is 10.1. The summed E-state index contributed by atoms with van der Waals surface area (Å²) in [7, 11) is 0. The highest BCUT2D eigenvalue weighted by Gasteiger charge is 2.09. The Labute approximate surface area is 134 Å². The number of ether oxygens (including phenoxy) is 1. The lowest BCUT2D eigenvalue weighted by Crippen LogP contribution is -2.22. The number of hydrogen-bond acceptors (Lipinski definition) is 3. The Bertz CT molecular complexity index is 611. The highest BCUT2D eigenvalue weighted by molar-refractivity contribution is 6.30. The average molecular weight is 320 g/mol. The van der Waals surface area contributed by atoms with E-state index in [4.69, 9.17) is 16.3 Å². The van der Waals surface area contributed by atoms with Crippen LogP contribution in [0.25, 0.3) is 0 Å². The van der Waals surface area contributed by atoms with Crippen LogP contribution in [0.5, 0.6) is 5.75 Å². The van der Waals surface area contributed by atoms with Gasteiger partial charge in [0, 0.05) is 17.1 Å². The van der Waals surface area contributed by atoms with Gasteiger partial charge < -0.3 is 15.2 Å². The van der Waals surface area contributed by atoms with Crippen molar-refractivity contribution >= 4 is 17.5 Å². The molecule has 0 saturated carbocycles. The Morgan fingerprint density at radius 1 is 1.18 bits per heavy atom. The molecular weight excluding hydrogens is 302 g/mol. The number of benzene rings is 2. The second-order valence-electron chi connectivity index (χ2n) is 4.76. The van der Waals surface area contributed by atoms with Crippen molar-refractivity contribution in [2.24, 2.45) is 0 Å². The molecule has 2 aromatic carbocycles. The topological polar surface area (TPSA) is 58.6 Å². The smallest absolute Gasteiger partial charge is 0.251 e. The maximum atomic E-state index is 11.6. The van der Waals surface area contributed by atoms with E-state index in [2.05, 4.69) is 5.32 Å². The molecule has 0 fully saturated rings. The summed E-state index contributed by atoms with van der Waals surface area (Å²) >= 11 is 5.81. The third-order valence-electron chi connectivity index (χ3n) is 3.12. The molecule has 5 heteroatoms. The van der Waals surface area contributed by atoms with Gasteiger partial charge in [-0.05, 0) is 48.9 Å². The number of aliphatic hydroxyl groups excluding tert-OH is 1. The zero-order valence-corrected chi connectivity index (χ0v) is 13.0. The molecule has 1 atom stereocenters. The standard InChI is InChI=1S/C17H18ClNO3/c1-2-19-17(21)13-5-9-15(10-6-13)22-11-16(20)12-3-7-14(18)8-4-12/h3-10,16,20H,2,11H2,1H3,(H,19,21). The summed E-state index contributed by atoms with van der Waals surface area (Å²) < 4.78 is 5.53. The van der Waals surface area contributed by atoms with E-state index in [-0.39, 0.29) is 12.5 Å². The molecule has 0 aliphatic heterocycles. The SMILES string of the molecule is CCNC(=O)c1ccc(OCC(O)c2ccc(Cl)cc2)cc1. The third kappa shape index (κ3) is 4.48. The first-order chi connectivity index (χ1) is 10.6. The largest absolute Gasteiger partial charge is 0.491 e. The molecule has 0 spiro atoms. The summed E-state index contributed by atoms with van der Waals surface area (Å²) in [5, 5.41) is 13.4. The molecule has 0 aliphatic rings. The fourth-order valence-corrected chi connectivity index (χ4v) is 2.05. The lowest BCUT2D eigenvalue weighted by Gasteiger charge is -2.13. The Hall–Kier alpha value is -2.04. The molecular formula is C17H18ClNO3. The lowest BCUT2D eigenvalue weighted by molar-refractivity contribution is 0.0955. The zero-order chi connectivity index (χ0) is 15.9. The molecule has 1 amide bonds. The van der Waals surface area contributed by atoms with Crippen LogP contribution in [-0.4, -0.2) is 24.2 Å². The van der Waals surface area contributed by atoms with E-state index in [0.29, 0.717) is 22.9 Å². The Kier molecular flexibility index (Phi) is 5.81. The minimum absolute atomic E-state index is 0.116. The van der Waals surface area contributed by atoms with Crippen LogP contribution < -0.4 is 10.1 Å². The highest BCUT2D eigenvalue weighted by Crippen LogP contribution is 2.19. The van der Waals surface area contributed by atoms with Crippen molar-refractivity contribution in [1.82, 2.24) is 5.32 Å². The predicted molar refractivity (Wildman–Crippen MR) is 86.4 cm³/mol. The molecule has 116 valence electrons. The molecule has 0 radical (unpaired) electrons. The maximum Gasteiger partial charge on any atom is 0.251 e. The van der Waals surface area contributed by atoms with Crippen molar-refractivity contribution < 1.29 is 14.6 Å². The Morgan fingerprint density at radius 3 is 2.41 bits per heavy atom. The maximum absolute atomic E-state index is 11.6. The van der Waals surface area contributed by atoms with Crippen LogP contribution >= 0.6 is 11.6 Å². The van der Waals surface area contributed by atoms with Gasteiger partial charge in [-0.1, -0.05) is 23.7 Å².